The highest BCUT2D eigenvalue weighted by molar-refractivity contribution is 6.32. The molecule has 2 aromatic rings. The summed E-state index contributed by atoms with van der Waals surface area (Å²) in [5.41, 5.74) is 2.25. The van der Waals surface area contributed by atoms with Crippen molar-refractivity contribution in [1.82, 2.24) is 4.90 Å². The van der Waals surface area contributed by atoms with Gasteiger partial charge in [0.15, 0.2) is 17.1 Å². The molecule has 0 unspecified atom stereocenters. The van der Waals surface area contributed by atoms with Crippen LogP contribution in [-0.4, -0.2) is 42.0 Å². The molecule has 0 radical (unpaired) electrons. The zero-order chi connectivity index (χ0) is 19.2. The molecule has 4 aliphatic rings. The maximum Gasteiger partial charge on any atom is 0.256 e. The van der Waals surface area contributed by atoms with Crippen LogP contribution >= 0.6 is 0 Å². The van der Waals surface area contributed by atoms with E-state index in [-0.39, 0.29) is 23.5 Å². The fourth-order valence-corrected chi connectivity index (χ4v) is 5.74. The van der Waals surface area contributed by atoms with Crippen molar-refractivity contribution in [3.8, 4) is 0 Å². The lowest BCUT2D eigenvalue weighted by atomic mass is 9.74. The van der Waals surface area contributed by atoms with Crippen LogP contribution in [0.25, 0.3) is 0 Å². The van der Waals surface area contributed by atoms with Gasteiger partial charge in [0.2, 0.25) is 0 Å². The Hall–Kier alpha value is -3.05. The summed E-state index contributed by atoms with van der Waals surface area (Å²) < 4.78 is 0. The molecule has 0 aromatic heterocycles. The van der Waals surface area contributed by atoms with E-state index >= 15 is 0 Å². The third-order valence-electron chi connectivity index (χ3n) is 6.81. The van der Waals surface area contributed by atoms with Crippen molar-refractivity contribution in [3.63, 3.8) is 0 Å². The van der Waals surface area contributed by atoms with Crippen molar-refractivity contribution in [2.45, 2.75) is 24.4 Å². The Kier molecular flexibility index (Phi) is 2.88. The fourth-order valence-electron chi connectivity index (χ4n) is 5.74. The molecule has 1 spiro atoms. The van der Waals surface area contributed by atoms with E-state index in [2.05, 4.69) is 4.90 Å². The van der Waals surface area contributed by atoms with Gasteiger partial charge in [-0.3, -0.25) is 19.3 Å². The molecule has 2 aromatic carbocycles. The van der Waals surface area contributed by atoms with E-state index in [0.717, 1.165) is 24.1 Å². The average Bonchev–Trinajstić information content (AvgIpc) is 3.36. The fraction of sp³-hybridized carbons (Fsp3) is 0.261. The summed E-state index contributed by atoms with van der Waals surface area (Å²) in [5.74, 6) is -0.414. The number of carbonyl (C=O) groups excluding carboxylic acids is 3. The minimum atomic E-state index is -1.18. The Morgan fingerprint density at radius 1 is 0.929 bits per heavy atom. The molecular formula is C23H18N2O3. The molecular weight excluding hydrogens is 352 g/mol. The van der Waals surface area contributed by atoms with E-state index in [4.69, 9.17) is 0 Å². The molecule has 3 heterocycles. The second-order valence-corrected chi connectivity index (χ2v) is 7.94. The SMILES string of the molecule is CN1C(=O)[C@@]2(C3=C(C(=O)c4ccccc4C3=O)[C@H]3CCCN32)c2ccccc21. The number of carbonyl (C=O) groups is 3. The number of rotatable bonds is 0. The van der Waals surface area contributed by atoms with Gasteiger partial charge in [0.05, 0.1) is 0 Å². The zero-order valence-electron chi connectivity index (χ0n) is 15.4. The van der Waals surface area contributed by atoms with E-state index < -0.39 is 5.54 Å². The van der Waals surface area contributed by atoms with Crippen molar-refractivity contribution in [3.05, 3.63) is 76.4 Å². The lowest BCUT2D eigenvalue weighted by Crippen LogP contribution is -2.52. The third kappa shape index (κ3) is 1.53. The van der Waals surface area contributed by atoms with Crippen LogP contribution in [0.2, 0.25) is 0 Å². The molecule has 1 aliphatic carbocycles. The van der Waals surface area contributed by atoms with Crippen LogP contribution in [0.1, 0.15) is 39.1 Å². The van der Waals surface area contributed by atoms with Crippen LogP contribution in [0.5, 0.6) is 0 Å². The van der Waals surface area contributed by atoms with E-state index in [0.29, 0.717) is 28.8 Å². The highest BCUT2D eigenvalue weighted by atomic mass is 16.2. The number of hydrogen-bond donors (Lipinski definition) is 0. The number of fused-ring (bicyclic) bond motifs is 7. The van der Waals surface area contributed by atoms with Gasteiger partial charge in [-0.25, -0.2) is 0 Å². The van der Waals surface area contributed by atoms with Gasteiger partial charge in [0.1, 0.15) is 0 Å². The molecule has 28 heavy (non-hydrogen) atoms. The number of nitrogens with zero attached hydrogens (tertiary/aromatic N) is 2. The lowest BCUT2D eigenvalue weighted by molar-refractivity contribution is -0.126. The van der Waals surface area contributed by atoms with E-state index in [1.165, 1.54) is 0 Å². The first kappa shape index (κ1) is 16.0. The first-order valence-electron chi connectivity index (χ1n) is 9.66. The second-order valence-electron chi connectivity index (χ2n) is 7.94. The van der Waals surface area contributed by atoms with Crippen molar-refractivity contribution >= 4 is 23.2 Å². The van der Waals surface area contributed by atoms with Crippen molar-refractivity contribution in [2.24, 2.45) is 0 Å². The second kappa shape index (κ2) is 5.06. The van der Waals surface area contributed by atoms with E-state index in [1.807, 2.05) is 24.3 Å². The Bertz CT molecular complexity index is 1150. The molecule has 1 amide bonds. The highest BCUT2D eigenvalue weighted by Crippen LogP contribution is 2.58. The number of Topliss-reactive ketones (excluding diaryl/α,β-unsaturated/α-hetero) is 2. The van der Waals surface area contributed by atoms with Crippen LogP contribution in [-0.2, 0) is 10.3 Å². The largest absolute Gasteiger partial charge is 0.313 e. The van der Waals surface area contributed by atoms with Crippen molar-refractivity contribution < 1.29 is 14.4 Å². The normalized spacial score (nSPS) is 28.1. The van der Waals surface area contributed by atoms with Crippen LogP contribution in [0.3, 0.4) is 0 Å². The maximum absolute atomic E-state index is 13.7. The number of hydrogen-bond acceptors (Lipinski definition) is 4. The third-order valence-corrected chi connectivity index (χ3v) is 6.81. The first-order valence-corrected chi connectivity index (χ1v) is 9.66. The van der Waals surface area contributed by atoms with E-state index in [9.17, 15) is 14.4 Å². The predicted molar refractivity (Wildman–Crippen MR) is 103 cm³/mol. The number of ketones is 2. The number of likely N-dealkylation sites (N-methyl/N-ethyl adjacent to an activating group) is 1. The average molecular weight is 370 g/mol. The molecule has 2 atom stereocenters. The summed E-state index contributed by atoms with van der Waals surface area (Å²) in [6, 6.07) is 14.4. The minimum absolute atomic E-state index is 0.0983. The standard InChI is InChI=1S/C23H18N2O3/c1-24-16-10-5-4-9-15(16)23(22(24)28)19-18(17-11-6-12-25(17)23)20(26)13-7-2-3-8-14(13)21(19)27/h2-5,7-10,17H,6,11-12H2,1H3/t17-,23+/m1/s1. The molecule has 5 nitrogen and oxygen atoms in total. The van der Waals surface area contributed by atoms with Crippen molar-refractivity contribution in [1.29, 1.82) is 0 Å². The van der Waals surface area contributed by atoms with Gasteiger partial charge < -0.3 is 4.90 Å². The summed E-state index contributed by atoms with van der Waals surface area (Å²) in [6.07, 6.45) is 1.70. The van der Waals surface area contributed by atoms with Gasteiger partial charge in [-0.2, -0.15) is 0 Å². The Morgan fingerprint density at radius 2 is 1.61 bits per heavy atom. The number of benzene rings is 2. The smallest absolute Gasteiger partial charge is 0.256 e. The van der Waals surface area contributed by atoms with Crippen LogP contribution < -0.4 is 4.90 Å². The molecule has 3 aliphatic heterocycles. The summed E-state index contributed by atoms with van der Waals surface area (Å²) >= 11 is 0. The zero-order valence-corrected chi connectivity index (χ0v) is 15.4. The topological polar surface area (TPSA) is 57.7 Å². The van der Waals surface area contributed by atoms with Gasteiger partial charge in [0, 0.05) is 53.2 Å². The molecule has 6 rings (SSSR count). The van der Waals surface area contributed by atoms with Gasteiger partial charge in [-0.15, -0.1) is 0 Å². The molecule has 138 valence electrons. The van der Waals surface area contributed by atoms with Crippen LogP contribution in [0, 0.1) is 0 Å². The number of amides is 1. The number of anilines is 1. The summed E-state index contributed by atoms with van der Waals surface area (Å²) in [4.78, 5) is 44.6. The Balaban J connectivity index is 1.72. The Labute approximate surface area is 162 Å². The highest BCUT2D eigenvalue weighted by Gasteiger charge is 2.67. The van der Waals surface area contributed by atoms with Gasteiger partial charge in [-0.1, -0.05) is 42.5 Å². The van der Waals surface area contributed by atoms with Crippen LogP contribution in [0.15, 0.2) is 59.7 Å². The quantitative estimate of drug-likeness (QED) is 0.716. The summed E-state index contributed by atoms with van der Waals surface area (Å²) in [5, 5.41) is 0. The monoisotopic (exact) mass is 370 g/mol. The predicted octanol–water partition coefficient (Wildman–Crippen LogP) is 2.71. The summed E-state index contributed by atoms with van der Waals surface area (Å²) in [7, 11) is 1.75. The molecule has 5 heteroatoms. The van der Waals surface area contributed by atoms with E-state index in [1.54, 1.807) is 36.2 Å². The molecule has 0 bridgehead atoms. The molecule has 0 N–H and O–H groups in total. The van der Waals surface area contributed by atoms with Gasteiger partial charge >= 0.3 is 0 Å². The van der Waals surface area contributed by atoms with Gasteiger partial charge in [-0.05, 0) is 18.9 Å². The lowest BCUT2D eigenvalue weighted by Gasteiger charge is -2.35. The molecule has 1 saturated heterocycles. The minimum Gasteiger partial charge on any atom is -0.313 e. The van der Waals surface area contributed by atoms with Gasteiger partial charge in [0.25, 0.3) is 5.91 Å². The maximum atomic E-state index is 13.7. The number of para-hydroxylation sites is 1. The Morgan fingerprint density at radius 3 is 2.39 bits per heavy atom. The first-order chi connectivity index (χ1) is 13.6. The van der Waals surface area contributed by atoms with Crippen molar-refractivity contribution in [2.75, 3.05) is 18.5 Å². The summed E-state index contributed by atoms with van der Waals surface area (Å²) in [6.45, 7) is 0.697. The van der Waals surface area contributed by atoms with Crippen LogP contribution in [0.4, 0.5) is 5.69 Å². The molecule has 1 fully saturated rings. The molecule has 0 saturated carbocycles.